The second kappa shape index (κ2) is 3.12. The van der Waals surface area contributed by atoms with Gasteiger partial charge >= 0.3 is 12.1 Å². The van der Waals surface area contributed by atoms with Gasteiger partial charge in [0.25, 0.3) is 0 Å². The van der Waals surface area contributed by atoms with Crippen LogP contribution in [0.15, 0.2) is 0 Å². The molecule has 1 aliphatic heterocycles. The number of rotatable bonds is 2. The van der Waals surface area contributed by atoms with Crippen molar-refractivity contribution in [2.45, 2.75) is 38.0 Å². The van der Waals surface area contributed by atoms with E-state index in [-0.39, 0.29) is 12.6 Å². The Labute approximate surface area is 79.5 Å². The molecule has 82 valence electrons. The molecule has 1 fully saturated rings. The van der Waals surface area contributed by atoms with E-state index in [0.29, 0.717) is 13.3 Å². The van der Waals surface area contributed by atoms with E-state index in [2.05, 4.69) is 0 Å². The zero-order valence-electron chi connectivity index (χ0n) is 7.93. The van der Waals surface area contributed by atoms with Gasteiger partial charge < -0.3 is 5.11 Å². The highest BCUT2D eigenvalue weighted by Gasteiger charge is 2.63. The first kappa shape index (κ1) is 11.3. The summed E-state index contributed by atoms with van der Waals surface area (Å²) in [6, 6.07) is -0.322. The number of hydrogen-bond acceptors (Lipinski definition) is 2. The van der Waals surface area contributed by atoms with E-state index in [1.165, 1.54) is 0 Å². The van der Waals surface area contributed by atoms with E-state index in [0.717, 1.165) is 4.90 Å². The molecule has 0 saturated carbocycles. The fourth-order valence-electron chi connectivity index (χ4n) is 1.59. The summed E-state index contributed by atoms with van der Waals surface area (Å²) in [7, 11) is 0. The van der Waals surface area contributed by atoms with Crippen LogP contribution in [-0.4, -0.2) is 40.3 Å². The molecule has 1 saturated heterocycles. The number of hydrogen-bond donors (Lipinski definition) is 1. The van der Waals surface area contributed by atoms with Crippen LogP contribution in [0.5, 0.6) is 0 Å². The van der Waals surface area contributed by atoms with Crippen molar-refractivity contribution in [2.24, 2.45) is 0 Å². The Morgan fingerprint density at radius 1 is 1.50 bits per heavy atom. The molecular formula is C8H12F3NO2. The minimum Gasteiger partial charge on any atom is -0.480 e. The van der Waals surface area contributed by atoms with Crippen molar-refractivity contribution >= 4 is 5.97 Å². The van der Waals surface area contributed by atoms with Gasteiger partial charge in [-0.25, -0.2) is 4.79 Å². The molecule has 0 aliphatic carbocycles. The molecule has 0 radical (unpaired) electrons. The van der Waals surface area contributed by atoms with Gasteiger partial charge in [0.05, 0.1) is 0 Å². The third-order valence-electron chi connectivity index (χ3n) is 2.86. The van der Waals surface area contributed by atoms with E-state index < -0.39 is 17.7 Å². The molecule has 0 amide bonds. The van der Waals surface area contributed by atoms with Crippen LogP contribution >= 0.6 is 0 Å². The average Bonchev–Trinajstić information content (AvgIpc) is 1.99. The Hall–Kier alpha value is -0.780. The standard InChI is InChI=1S/C8H12F3NO2/c1-5-3-4-12(5)7(2,6(13)14)8(9,10)11/h5H,3-4H2,1-2H3,(H,13,14). The lowest BCUT2D eigenvalue weighted by Gasteiger charge is -2.49. The summed E-state index contributed by atoms with van der Waals surface area (Å²) in [6.07, 6.45) is -4.13. The van der Waals surface area contributed by atoms with Crippen molar-refractivity contribution < 1.29 is 23.1 Å². The first-order valence-electron chi connectivity index (χ1n) is 4.28. The number of aliphatic carboxylic acids is 1. The largest absolute Gasteiger partial charge is 0.480 e. The smallest absolute Gasteiger partial charge is 0.417 e. The topological polar surface area (TPSA) is 40.5 Å². The molecule has 0 aromatic carbocycles. The van der Waals surface area contributed by atoms with Crippen LogP contribution in [0.3, 0.4) is 0 Å². The Bertz CT molecular complexity index is 253. The monoisotopic (exact) mass is 211 g/mol. The average molecular weight is 211 g/mol. The molecular weight excluding hydrogens is 199 g/mol. The van der Waals surface area contributed by atoms with Crippen molar-refractivity contribution in [2.75, 3.05) is 6.54 Å². The molecule has 0 aromatic heterocycles. The lowest BCUT2D eigenvalue weighted by atomic mass is 9.90. The maximum atomic E-state index is 12.6. The lowest BCUT2D eigenvalue weighted by Crippen LogP contribution is -2.68. The minimum absolute atomic E-state index is 0.184. The molecule has 1 N–H and O–H groups in total. The lowest BCUT2D eigenvalue weighted by molar-refractivity contribution is -0.248. The van der Waals surface area contributed by atoms with Crippen molar-refractivity contribution in [3.05, 3.63) is 0 Å². The molecule has 1 aliphatic rings. The van der Waals surface area contributed by atoms with Crippen LogP contribution in [-0.2, 0) is 4.79 Å². The Morgan fingerprint density at radius 2 is 2.00 bits per heavy atom. The van der Waals surface area contributed by atoms with Gasteiger partial charge in [0.2, 0.25) is 5.54 Å². The Balaban J connectivity index is 2.99. The van der Waals surface area contributed by atoms with Crippen LogP contribution < -0.4 is 0 Å². The van der Waals surface area contributed by atoms with E-state index in [9.17, 15) is 18.0 Å². The van der Waals surface area contributed by atoms with Crippen molar-refractivity contribution in [3.8, 4) is 0 Å². The van der Waals surface area contributed by atoms with E-state index in [4.69, 9.17) is 5.11 Å². The highest BCUT2D eigenvalue weighted by Crippen LogP contribution is 2.40. The van der Waals surface area contributed by atoms with Crippen LogP contribution in [0.2, 0.25) is 0 Å². The van der Waals surface area contributed by atoms with Crippen LogP contribution in [0.25, 0.3) is 0 Å². The third-order valence-corrected chi connectivity index (χ3v) is 2.86. The third kappa shape index (κ3) is 1.37. The highest BCUT2D eigenvalue weighted by molar-refractivity contribution is 5.79. The Kier molecular flexibility index (Phi) is 2.51. The first-order valence-corrected chi connectivity index (χ1v) is 4.28. The number of alkyl halides is 3. The molecule has 0 bridgehead atoms. The summed E-state index contributed by atoms with van der Waals surface area (Å²) < 4.78 is 37.7. The van der Waals surface area contributed by atoms with Crippen molar-refractivity contribution in [3.63, 3.8) is 0 Å². The minimum atomic E-state index is -4.74. The number of nitrogens with zero attached hydrogens (tertiary/aromatic N) is 1. The molecule has 1 rings (SSSR count). The number of likely N-dealkylation sites (tertiary alicyclic amines) is 1. The molecule has 14 heavy (non-hydrogen) atoms. The second-order valence-electron chi connectivity index (χ2n) is 3.71. The predicted molar refractivity (Wildman–Crippen MR) is 42.9 cm³/mol. The molecule has 3 nitrogen and oxygen atoms in total. The van der Waals surface area contributed by atoms with Gasteiger partial charge in [-0.3, -0.25) is 4.90 Å². The fourth-order valence-corrected chi connectivity index (χ4v) is 1.59. The fraction of sp³-hybridized carbons (Fsp3) is 0.875. The molecule has 2 unspecified atom stereocenters. The molecule has 0 spiro atoms. The number of carbonyl (C=O) groups is 1. The molecule has 1 heterocycles. The predicted octanol–water partition coefficient (Wildman–Crippen LogP) is 1.49. The van der Waals surface area contributed by atoms with Gasteiger partial charge in [0, 0.05) is 12.6 Å². The SMILES string of the molecule is CC1CCN1C(C)(C(=O)O)C(F)(F)F. The van der Waals surface area contributed by atoms with Crippen LogP contribution in [0.1, 0.15) is 20.3 Å². The molecule has 0 aromatic rings. The van der Waals surface area contributed by atoms with Crippen LogP contribution in [0, 0.1) is 0 Å². The Morgan fingerprint density at radius 3 is 2.07 bits per heavy atom. The van der Waals surface area contributed by atoms with Gasteiger partial charge in [-0.2, -0.15) is 13.2 Å². The zero-order chi connectivity index (χ0) is 11.1. The maximum absolute atomic E-state index is 12.6. The molecule has 6 heteroatoms. The first-order chi connectivity index (χ1) is 6.21. The van der Waals surface area contributed by atoms with Gasteiger partial charge in [0.15, 0.2) is 0 Å². The van der Waals surface area contributed by atoms with Crippen molar-refractivity contribution in [1.29, 1.82) is 0 Å². The summed E-state index contributed by atoms with van der Waals surface area (Å²) in [5, 5.41) is 8.66. The molecule has 2 atom stereocenters. The number of carboxylic acids is 1. The summed E-state index contributed by atoms with van der Waals surface area (Å²) in [4.78, 5) is 11.7. The summed E-state index contributed by atoms with van der Waals surface area (Å²) in [5.74, 6) is -1.84. The van der Waals surface area contributed by atoms with E-state index in [1.54, 1.807) is 6.92 Å². The van der Waals surface area contributed by atoms with E-state index in [1.807, 2.05) is 0 Å². The normalized spacial score (nSPS) is 27.9. The maximum Gasteiger partial charge on any atom is 0.417 e. The van der Waals surface area contributed by atoms with Crippen molar-refractivity contribution in [1.82, 2.24) is 4.90 Å². The number of halogens is 3. The second-order valence-corrected chi connectivity index (χ2v) is 3.71. The zero-order valence-corrected chi connectivity index (χ0v) is 7.93. The van der Waals surface area contributed by atoms with Crippen LogP contribution in [0.4, 0.5) is 13.2 Å². The van der Waals surface area contributed by atoms with E-state index >= 15 is 0 Å². The quantitative estimate of drug-likeness (QED) is 0.752. The van der Waals surface area contributed by atoms with Gasteiger partial charge in [-0.1, -0.05) is 0 Å². The van der Waals surface area contributed by atoms with Gasteiger partial charge in [-0.05, 0) is 20.3 Å². The number of carboxylic acid groups (broad SMARTS) is 1. The highest BCUT2D eigenvalue weighted by atomic mass is 19.4. The summed E-state index contributed by atoms with van der Waals surface area (Å²) in [6.45, 7) is 2.49. The summed E-state index contributed by atoms with van der Waals surface area (Å²) in [5.41, 5.74) is -2.75. The van der Waals surface area contributed by atoms with Gasteiger partial charge in [-0.15, -0.1) is 0 Å². The summed E-state index contributed by atoms with van der Waals surface area (Å²) >= 11 is 0. The van der Waals surface area contributed by atoms with Gasteiger partial charge in [0.1, 0.15) is 0 Å².